The molecular formula is C26H35FN6S. The zero-order valence-electron chi connectivity index (χ0n) is 19.2. The second-order valence-electron chi connectivity index (χ2n) is 8.48. The molecule has 4 aromatic rings. The third-order valence-corrected chi connectivity index (χ3v) is 6.85. The maximum Gasteiger partial charge on any atom is 0.165 e. The normalized spacial score (nSPS) is 13.9. The summed E-state index contributed by atoms with van der Waals surface area (Å²) in [5.74, 6) is 1.50. The lowest BCUT2D eigenvalue weighted by Gasteiger charge is -2.18. The Balaban J connectivity index is 0.000000308. The number of nitrogens with zero attached hydrogens (tertiary/aromatic N) is 4. The molecule has 0 aliphatic heterocycles. The highest BCUT2D eigenvalue weighted by Crippen LogP contribution is 2.31. The number of thiol groups is 1. The van der Waals surface area contributed by atoms with Crippen LogP contribution in [0.4, 0.5) is 10.2 Å². The summed E-state index contributed by atoms with van der Waals surface area (Å²) in [7, 11) is 1.79. The Morgan fingerprint density at radius 1 is 1.18 bits per heavy atom. The smallest absolute Gasteiger partial charge is 0.165 e. The SMILES string of the molecule is C.CCC1CCCCC1.CNc1c(S)c(CN)nc2c(-c3cnc4ccc(F)cc4c3)cnn12. The molecule has 1 aromatic carbocycles. The van der Waals surface area contributed by atoms with Gasteiger partial charge < -0.3 is 11.1 Å². The highest BCUT2D eigenvalue weighted by molar-refractivity contribution is 7.80. The molecule has 0 unspecified atom stereocenters. The maximum absolute atomic E-state index is 13.5. The van der Waals surface area contributed by atoms with E-state index in [2.05, 4.69) is 39.9 Å². The standard InChI is InChI=1S/C17H15FN6S.C8H16.CH4/c1-20-17-15(25)14(6-19)23-16-12(8-22-24(16)17)10-4-9-5-11(18)2-3-13(9)21-7-10;1-2-8-6-4-3-5-7-8;/h2-5,7-8,20,25H,6,19H2,1H3;8H,2-7H2,1H3;1H4. The molecule has 5 rings (SSSR count). The summed E-state index contributed by atoms with van der Waals surface area (Å²) >= 11 is 4.48. The van der Waals surface area contributed by atoms with Crippen molar-refractivity contribution in [3.8, 4) is 11.1 Å². The van der Waals surface area contributed by atoms with E-state index in [4.69, 9.17) is 5.73 Å². The summed E-state index contributed by atoms with van der Waals surface area (Å²) in [6.07, 6.45) is 12.4. The molecule has 1 aliphatic carbocycles. The Morgan fingerprint density at radius 3 is 2.59 bits per heavy atom. The summed E-state index contributed by atoms with van der Waals surface area (Å²) in [6.45, 7) is 2.58. The van der Waals surface area contributed by atoms with Crippen molar-refractivity contribution >= 4 is 35.0 Å². The van der Waals surface area contributed by atoms with Gasteiger partial charge >= 0.3 is 0 Å². The van der Waals surface area contributed by atoms with E-state index in [9.17, 15) is 4.39 Å². The number of anilines is 1. The highest BCUT2D eigenvalue weighted by atomic mass is 32.1. The lowest BCUT2D eigenvalue weighted by Crippen LogP contribution is -2.09. The summed E-state index contributed by atoms with van der Waals surface area (Å²) in [5, 5.41) is 8.20. The fourth-order valence-electron chi connectivity index (χ4n) is 4.45. The predicted molar refractivity (Wildman–Crippen MR) is 142 cm³/mol. The Morgan fingerprint density at radius 2 is 1.94 bits per heavy atom. The summed E-state index contributed by atoms with van der Waals surface area (Å²) in [5.41, 5.74) is 9.42. The zero-order valence-corrected chi connectivity index (χ0v) is 20.1. The van der Waals surface area contributed by atoms with Gasteiger partial charge in [-0.1, -0.05) is 52.9 Å². The van der Waals surface area contributed by atoms with Crippen LogP contribution in [0.25, 0.3) is 27.7 Å². The van der Waals surface area contributed by atoms with Crippen LogP contribution >= 0.6 is 12.6 Å². The molecule has 0 spiro atoms. The van der Waals surface area contributed by atoms with E-state index in [1.165, 1.54) is 50.7 Å². The van der Waals surface area contributed by atoms with Crippen LogP contribution in [0.5, 0.6) is 0 Å². The molecule has 0 bridgehead atoms. The topological polar surface area (TPSA) is 81.1 Å². The van der Waals surface area contributed by atoms with Crippen LogP contribution in [-0.4, -0.2) is 26.6 Å². The van der Waals surface area contributed by atoms with Crippen molar-refractivity contribution in [3.05, 3.63) is 48.2 Å². The monoisotopic (exact) mass is 482 g/mol. The van der Waals surface area contributed by atoms with Gasteiger partial charge in [0.15, 0.2) is 5.65 Å². The Labute approximate surface area is 206 Å². The predicted octanol–water partition coefficient (Wildman–Crippen LogP) is 6.49. The lowest BCUT2D eigenvalue weighted by atomic mass is 9.88. The van der Waals surface area contributed by atoms with Crippen LogP contribution in [0.1, 0.15) is 58.6 Å². The molecule has 34 heavy (non-hydrogen) atoms. The molecule has 1 fully saturated rings. The molecule has 1 saturated carbocycles. The average molecular weight is 483 g/mol. The Bertz CT molecular complexity index is 1250. The van der Waals surface area contributed by atoms with Crippen LogP contribution in [0.3, 0.4) is 0 Å². The number of benzene rings is 1. The van der Waals surface area contributed by atoms with Crippen LogP contribution < -0.4 is 11.1 Å². The van der Waals surface area contributed by atoms with Gasteiger partial charge in [-0.2, -0.15) is 9.61 Å². The molecule has 3 aromatic heterocycles. The van der Waals surface area contributed by atoms with Gasteiger partial charge in [-0.15, -0.1) is 12.6 Å². The van der Waals surface area contributed by atoms with E-state index < -0.39 is 0 Å². The van der Waals surface area contributed by atoms with E-state index in [1.807, 2.05) is 6.07 Å². The van der Waals surface area contributed by atoms with Crippen molar-refractivity contribution in [1.29, 1.82) is 0 Å². The molecule has 8 heteroatoms. The van der Waals surface area contributed by atoms with E-state index in [-0.39, 0.29) is 19.8 Å². The van der Waals surface area contributed by atoms with Crippen molar-refractivity contribution in [2.24, 2.45) is 11.7 Å². The zero-order chi connectivity index (χ0) is 23.4. The minimum atomic E-state index is -0.299. The molecule has 0 atom stereocenters. The van der Waals surface area contributed by atoms with E-state index >= 15 is 0 Å². The second-order valence-corrected chi connectivity index (χ2v) is 8.92. The highest BCUT2D eigenvalue weighted by Gasteiger charge is 2.16. The minimum Gasteiger partial charge on any atom is -0.372 e. The molecular weight excluding hydrogens is 447 g/mol. The first kappa shape index (κ1) is 25.9. The van der Waals surface area contributed by atoms with Gasteiger partial charge in [-0.25, -0.2) is 9.37 Å². The number of aromatic nitrogens is 4. The number of hydrogen-bond donors (Lipinski definition) is 3. The summed E-state index contributed by atoms with van der Waals surface area (Å²) < 4.78 is 15.2. The quantitative estimate of drug-likeness (QED) is 0.290. The molecule has 182 valence electrons. The molecule has 6 nitrogen and oxygen atoms in total. The number of pyridine rings is 1. The fourth-order valence-corrected chi connectivity index (χ4v) is 4.79. The number of nitrogens with two attached hydrogens (primary N) is 1. The Hall–Kier alpha value is -2.71. The van der Waals surface area contributed by atoms with Crippen LogP contribution in [0, 0.1) is 11.7 Å². The van der Waals surface area contributed by atoms with Crippen LogP contribution in [0.2, 0.25) is 0 Å². The summed E-state index contributed by atoms with van der Waals surface area (Å²) in [6, 6.07) is 6.38. The molecule has 3 N–H and O–H groups in total. The van der Waals surface area contributed by atoms with Gasteiger partial charge in [-0.3, -0.25) is 4.98 Å². The molecule has 3 heterocycles. The molecule has 0 saturated heterocycles. The van der Waals surface area contributed by atoms with Crippen LogP contribution in [0.15, 0.2) is 41.6 Å². The van der Waals surface area contributed by atoms with Gasteiger partial charge in [0.1, 0.15) is 11.6 Å². The van der Waals surface area contributed by atoms with Gasteiger partial charge in [0, 0.05) is 36.3 Å². The van der Waals surface area contributed by atoms with Crippen LogP contribution in [-0.2, 0) is 6.54 Å². The minimum absolute atomic E-state index is 0. The lowest BCUT2D eigenvalue weighted by molar-refractivity contribution is 0.349. The third kappa shape index (κ3) is 5.33. The number of hydrogen-bond acceptors (Lipinski definition) is 6. The number of fused-ring (bicyclic) bond motifs is 2. The van der Waals surface area contributed by atoms with Crippen molar-refractivity contribution < 1.29 is 4.39 Å². The van der Waals surface area contributed by atoms with Crippen molar-refractivity contribution in [3.63, 3.8) is 0 Å². The van der Waals surface area contributed by atoms with Crippen molar-refractivity contribution in [2.75, 3.05) is 12.4 Å². The maximum atomic E-state index is 13.5. The van der Waals surface area contributed by atoms with Crippen molar-refractivity contribution in [2.45, 2.75) is 64.3 Å². The Kier molecular flexibility index (Phi) is 8.85. The first-order chi connectivity index (χ1) is 16.0. The number of rotatable bonds is 4. The molecule has 1 aliphatic rings. The first-order valence-electron chi connectivity index (χ1n) is 11.6. The molecule has 0 amide bonds. The third-order valence-electron chi connectivity index (χ3n) is 6.38. The molecule has 0 radical (unpaired) electrons. The van der Waals surface area contributed by atoms with Crippen molar-refractivity contribution in [1.82, 2.24) is 19.6 Å². The van der Waals surface area contributed by atoms with E-state index in [0.717, 1.165) is 27.9 Å². The largest absolute Gasteiger partial charge is 0.372 e. The average Bonchev–Trinajstić information content (AvgIpc) is 3.27. The van der Waals surface area contributed by atoms with Gasteiger partial charge in [0.2, 0.25) is 0 Å². The van der Waals surface area contributed by atoms with E-state index in [0.29, 0.717) is 22.1 Å². The van der Waals surface area contributed by atoms with Gasteiger partial charge in [0.25, 0.3) is 0 Å². The van der Waals surface area contributed by atoms with E-state index in [1.54, 1.807) is 30.0 Å². The van der Waals surface area contributed by atoms with Gasteiger partial charge in [-0.05, 0) is 30.2 Å². The fraction of sp³-hybridized carbons (Fsp3) is 0.423. The second kappa shape index (κ2) is 11.6. The number of nitrogens with one attached hydrogen (secondary N) is 1. The first-order valence-corrected chi connectivity index (χ1v) is 12.0. The number of halogens is 1. The summed E-state index contributed by atoms with van der Waals surface area (Å²) in [4.78, 5) is 9.65. The van der Waals surface area contributed by atoms with Gasteiger partial charge in [0.05, 0.1) is 22.3 Å².